The monoisotopic (exact) mass is 456 g/mol. The summed E-state index contributed by atoms with van der Waals surface area (Å²) in [6.07, 6.45) is 3.95. The molecule has 30 heavy (non-hydrogen) atoms. The number of ether oxygens (including phenoxy) is 1. The van der Waals surface area contributed by atoms with Crippen LogP contribution in [0.3, 0.4) is 0 Å². The van der Waals surface area contributed by atoms with Crippen molar-refractivity contribution in [2.45, 2.75) is 18.1 Å². The molecule has 1 aliphatic rings. The average Bonchev–Trinajstić information content (AvgIpc) is 3.09. The third kappa shape index (κ3) is 5.68. The summed E-state index contributed by atoms with van der Waals surface area (Å²) in [6.45, 7) is 6.39. The van der Waals surface area contributed by atoms with Crippen molar-refractivity contribution >= 4 is 52.4 Å². The van der Waals surface area contributed by atoms with Gasteiger partial charge in [0.25, 0.3) is 5.91 Å². The lowest BCUT2D eigenvalue weighted by molar-refractivity contribution is -0.115. The van der Waals surface area contributed by atoms with Crippen molar-refractivity contribution < 1.29 is 9.53 Å². The zero-order valence-corrected chi connectivity index (χ0v) is 19.3. The van der Waals surface area contributed by atoms with E-state index in [4.69, 9.17) is 17.0 Å². The quantitative estimate of drug-likeness (QED) is 0.418. The summed E-state index contributed by atoms with van der Waals surface area (Å²) in [4.78, 5) is 13.4. The lowest BCUT2D eigenvalue weighted by atomic mass is 10.0. The van der Waals surface area contributed by atoms with Crippen LogP contribution in [0.4, 0.5) is 5.69 Å². The highest BCUT2D eigenvalue weighted by molar-refractivity contribution is 8.19. The SMILES string of the molecule is C=CC1C(C)=C(C(=O)NC(=S)Nc2ccc(OCc3ccccc3)cc2)SC1SC. The molecule has 2 atom stereocenters. The van der Waals surface area contributed by atoms with Crippen LogP contribution in [0.1, 0.15) is 12.5 Å². The highest BCUT2D eigenvalue weighted by Gasteiger charge is 2.34. The molecule has 0 aliphatic carbocycles. The van der Waals surface area contributed by atoms with Gasteiger partial charge >= 0.3 is 0 Å². The summed E-state index contributed by atoms with van der Waals surface area (Å²) in [5.74, 6) is 0.776. The molecule has 4 nitrogen and oxygen atoms in total. The van der Waals surface area contributed by atoms with Crippen LogP contribution in [-0.2, 0) is 11.4 Å². The molecule has 0 radical (unpaired) electrons. The van der Waals surface area contributed by atoms with E-state index in [1.807, 2.05) is 73.9 Å². The number of hydrogen-bond acceptors (Lipinski definition) is 5. The number of benzene rings is 2. The minimum Gasteiger partial charge on any atom is -0.489 e. The summed E-state index contributed by atoms with van der Waals surface area (Å²) in [6, 6.07) is 17.5. The van der Waals surface area contributed by atoms with Crippen LogP contribution in [0.15, 0.2) is 77.7 Å². The number of anilines is 1. The molecule has 156 valence electrons. The van der Waals surface area contributed by atoms with E-state index in [2.05, 4.69) is 17.2 Å². The molecule has 0 spiro atoms. The van der Waals surface area contributed by atoms with Crippen LogP contribution in [0, 0.1) is 5.92 Å². The van der Waals surface area contributed by atoms with Crippen molar-refractivity contribution in [3.63, 3.8) is 0 Å². The summed E-state index contributed by atoms with van der Waals surface area (Å²) in [5, 5.41) is 6.09. The number of thiocarbonyl (C=S) groups is 1. The van der Waals surface area contributed by atoms with E-state index in [9.17, 15) is 4.79 Å². The Hall–Kier alpha value is -2.22. The second-order valence-electron chi connectivity index (χ2n) is 6.70. The Morgan fingerprint density at radius 3 is 2.53 bits per heavy atom. The van der Waals surface area contributed by atoms with Gasteiger partial charge in [-0.2, -0.15) is 0 Å². The Balaban J connectivity index is 1.53. The fourth-order valence-corrected chi connectivity index (χ4v) is 5.72. The largest absolute Gasteiger partial charge is 0.489 e. The Bertz CT molecular complexity index is 943. The third-order valence-corrected chi connectivity index (χ3v) is 7.76. The molecule has 0 bridgehead atoms. The van der Waals surface area contributed by atoms with E-state index < -0.39 is 0 Å². The van der Waals surface area contributed by atoms with Gasteiger partial charge in [-0.05, 0) is 60.8 Å². The van der Waals surface area contributed by atoms with Crippen LogP contribution in [0.25, 0.3) is 0 Å². The molecule has 0 fully saturated rings. The summed E-state index contributed by atoms with van der Waals surface area (Å²) < 4.78 is 6.06. The molecule has 1 aliphatic heterocycles. The van der Waals surface area contributed by atoms with Gasteiger partial charge in [-0.15, -0.1) is 30.1 Å². The summed E-state index contributed by atoms with van der Waals surface area (Å²) in [5.41, 5.74) is 2.93. The van der Waals surface area contributed by atoms with Gasteiger partial charge < -0.3 is 10.1 Å². The van der Waals surface area contributed by atoms with Crippen LogP contribution in [-0.4, -0.2) is 21.9 Å². The van der Waals surface area contributed by atoms with Gasteiger partial charge in [0.05, 0.1) is 9.49 Å². The number of thioether (sulfide) groups is 2. The minimum atomic E-state index is -0.179. The van der Waals surface area contributed by atoms with Crippen molar-refractivity contribution in [2.75, 3.05) is 11.6 Å². The van der Waals surface area contributed by atoms with Crippen molar-refractivity contribution in [3.05, 3.63) is 83.3 Å². The van der Waals surface area contributed by atoms with Crippen LogP contribution < -0.4 is 15.4 Å². The van der Waals surface area contributed by atoms with Crippen LogP contribution in [0.2, 0.25) is 0 Å². The highest BCUT2D eigenvalue weighted by atomic mass is 32.2. The van der Waals surface area contributed by atoms with E-state index in [0.717, 1.165) is 22.6 Å². The van der Waals surface area contributed by atoms with Crippen LogP contribution in [0.5, 0.6) is 5.75 Å². The molecular formula is C23H24N2O2S3. The lowest BCUT2D eigenvalue weighted by Gasteiger charge is -2.13. The first kappa shape index (κ1) is 22.5. The number of rotatable bonds is 7. The molecule has 2 N–H and O–H groups in total. The second kappa shape index (κ2) is 10.7. The highest BCUT2D eigenvalue weighted by Crippen LogP contribution is 2.46. The van der Waals surface area contributed by atoms with Crippen molar-refractivity contribution in [2.24, 2.45) is 5.92 Å². The molecule has 2 aromatic carbocycles. The Morgan fingerprint density at radius 2 is 1.93 bits per heavy atom. The molecule has 2 aromatic rings. The van der Waals surface area contributed by atoms with Gasteiger partial charge in [0.2, 0.25) is 0 Å². The number of hydrogen-bond donors (Lipinski definition) is 2. The molecule has 7 heteroatoms. The maximum absolute atomic E-state index is 12.7. The normalized spacial score (nSPS) is 18.1. The Kier molecular flexibility index (Phi) is 8.01. The van der Waals surface area contributed by atoms with Crippen molar-refractivity contribution in [3.8, 4) is 5.75 Å². The number of allylic oxidation sites excluding steroid dienone is 2. The molecular weight excluding hydrogens is 432 g/mol. The molecule has 0 saturated carbocycles. The van der Waals surface area contributed by atoms with Crippen LogP contribution >= 0.6 is 35.7 Å². The first-order chi connectivity index (χ1) is 14.5. The topological polar surface area (TPSA) is 50.4 Å². The standard InChI is InChI=1S/C23H24N2O2S3/c1-4-19-15(2)20(30-22(19)29-3)21(26)25-23(28)24-17-10-12-18(13-11-17)27-14-16-8-6-5-7-9-16/h4-13,19,22H,1,14H2,2-3H3,(H2,24,25,26,28). The van der Waals surface area contributed by atoms with E-state index >= 15 is 0 Å². The van der Waals surface area contributed by atoms with Gasteiger partial charge in [0.1, 0.15) is 12.4 Å². The van der Waals surface area contributed by atoms with Gasteiger partial charge in [-0.1, -0.05) is 36.4 Å². The number of amides is 1. The maximum atomic E-state index is 12.7. The first-order valence-electron chi connectivity index (χ1n) is 9.43. The third-order valence-electron chi connectivity index (χ3n) is 4.67. The summed E-state index contributed by atoms with van der Waals surface area (Å²) >= 11 is 8.61. The smallest absolute Gasteiger partial charge is 0.263 e. The fraction of sp³-hybridized carbons (Fsp3) is 0.217. The predicted octanol–water partition coefficient (Wildman–Crippen LogP) is 5.59. The minimum absolute atomic E-state index is 0.179. The average molecular weight is 457 g/mol. The van der Waals surface area contributed by atoms with E-state index in [1.165, 1.54) is 0 Å². The van der Waals surface area contributed by atoms with E-state index in [1.54, 1.807) is 23.5 Å². The first-order valence-corrected chi connectivity index (χ1v) is 12.0. The van der Waals surface area contributed by atoms with Crippen molar-refractivity contribution in [1.29, 1.82) is 0 Å². The van der Waals surface area contributed by atoms with E-state index in [-0.39, 0.29) is 21.5 Å². The second-order valence-corrected chi connectivity index (χ2v) is 9.54. The number of carbonyl (C=O) groups excluding carboxylic acids is 1. The molecule has 2 unspecified atom stereocenters. The molecule has 1 heterocycles. The Morgan fingerprint density at radius 1 is 1.23 bits per heavy atom. The number of nitrogens with one attached hydrogen (secondary N) is 2. The summed E-state index contributed by atoms with van der Waals surface area (Å²) in [7, 11) is 0. The zero-order valence-electron chi connectivity index (χ0n) is 16.9. The zero-order chi connectivity index (χ0) is 21.5. The van der Waals surface area contributed by atoms with Gasteiger partial charge in [0, 0.05) is 11.6 Å². The molecule has 1 amide bonds. The number of carbonyl (C=O) groups is 1. The van der Waals surface area contributed by atoms with Gasteiger partial charge in [-0.3, -0.25) is 10.1 Å². The van der Waals surface area contributed by atoms with E-state index in [0.29, 0.717) is 11.5 Å². The molecule has 0 saturated heterocycles. The maximum Gasteiger partial charge on any atom is 0.263 e. The predicted molar refractivity (Wildman–Crippen MR) is 133 cm³/mol. The Labute approximate surface area is 191 Å². The molecule has 0 aromatic heterocycles. The molecule has 3 rings (SSSR count). The van der Waals surface area contributed by atoms with Gasteiger partial charge in [-0.25, -0.2) is 0 Å². The lowest BCUT2D eigenvalue weighted by Crippen LogP contribution is -2.34. The fourth-order valence-electron chi connectivity index (χ4n) is 3.05. The van der Waals surface area contributed by atoms with Crippen molar-refractivity contribution in [1.82, 2.24) is 5.32 Å². The van der Waals surface area contributed by atoms with Gasteiger partial charge in [0.15, 0.2) is 5.11 Å².